The fraction of sp³-hybridized carbons (Fsp3) is 0.714. The van der Waals surface area contributed by atoms with Crippen LogP contribution in [0.3, 0.4) is 0 Å². The average molecular weight is 192 g/mol. The van der Waals surface area contributed by atoms with E-state index in [1.54, 1.807) is 0 Å². The molecule has 0 aromatic heterocycles. The number of aliphatic hydroxyl groups is 1. The highest BCUT2D eigenvalue weighted by Gasteiger charge is 2.32. The number of amides is 1. The van der Waals surface area contributed by atoms with Crippen LogP contribution in [0.25, 0.3) is 0 Å². The van der Waals surface area contributed by atoms with E-state index in [1.165, 1.54) is 0 Å². The van der Waals surface area contributed by atoms with Gasteiger partial charge in [-0.1, -0.05) is 0 Å². The van der Waals surface area contributed by atoms with E-state index < -0.39 is 24.9 Å². The Labute approximate surface area is 73.6 Å². The minimum Gasteiger partial charge on any atom is -0.386 e. The molecule has 0 aromatic rings. The molecule has 13 heavy (non-hydrogen) atoms. The fourth-order valence-electron chi connectivity index (χ4n) is 0.992. The number of carbonyl (C=O) groups is 1. The minimum absolute atomic E-state index is 0.226. The molecule has 1 rings (SSSR count). The van der Waals surface area contributed by atoms with Crippen LogP contribution in [0.1, 0.15) is 12.8 Å². The summed E-state index contributed by atoms with van der Waals surface area (Å²) in [6.45, 7) is -0.644. The smallest absolute Gasteiger partial charge is 0.265 e. The van der Waals surface area contributed by atoms with Crippen molar-refractivity contribution in [3.63, 3.8) is 0 Å². The molecule has 1 fully saturated rings. The SMILES string of the molecule is O=C(CO)NN=C1CC(C(F)F)C1. The van der Waals surface area contributed by atoms with Gasteiger partial charge in [0.2, 0.25) is 6.43 Å². The van der Waals surface area contributed by atoms with Crippen molar-refractivity contribution in [3.8, 4) is 0 Å². The highest BCUT2D eigenvalue weighted by Crippen LogP contribution is 2.29. The number of hydrogen-bond donors (Lipinski definition) is 2. The van der Waals surface area contributed by atoms with E-state index in [2.05, 4.69) is 5.10 Å². The van der Waals surface area contributed by atoms with Crippen molar-refractivity contribution in [2.24, 2.45) is 11.0 Å². The van der Waals surface area contributed by atoms with Crippen LogP contribution in [-0.4, -0.2) is 29.8 Å². The molecule has 4 nitrogen and oxygen atoms in total. The van der Waals surface area contributed by atoms with Crippen LogP contribution < -0.4 is 5.43 Å². The molecular weight excluding hydrogens is 182 g/mol. The van der Waals surface area contributed by atoms with Gasteiger partial charge in [-0.3, -0.25) is 4.79 Å². The Bertz CT molecular complexity index is 223. The molecule has 0 aliphatic heterocycles. The second-order valence-electron chi connectivity index (χ2n) is 2.87. The van der Waals surface area contributed by atoms with Gasteiger partial charge in [0.25, 0.3) is 5.91 Å². The fourth-order valence-corrected chi connectivity index (χ4v) is 0.992. The largest absolute Gasteiger partial charge is 0.386 e. The summed E-state index contributed by atoms with van der Waals surface area (Å²) in [5.74, 6) is -1.25. The molecule has 0 atom stereocenters. The summed E-state index contributed by atoms with van der Waals surface area (Å²) in [5, 5.41) is 11.8. The van der Waals surface area contributed by atoms with E-state index in [-0.39, 0.29) is 12.8 Å². The molecule has 1 saturated carbocycles. The highest BCUT2D eigenvalue weighted by atomic mass is 19.3. The van der Waals surface area contributed by atoms with Crippen LogP contribution in [-0.2, 0) is 4.79 Å². The van der Waals surface area contributed by atoms with E-state index in [0.717, 1.165) is 0 Å². The summed E-state index contributed by atoms with van der Waals surface area (Å²) in [6, 6.07) is 0. The van der Waals surface area contributed by atoms with Crippen molar-refractivity contribution in [1.29, 1.82) is 0 Å². The van der Waals surface area contributed by atoms with Crippen LogP contribution in [0.15, 0.2) is 5.10 Å². The van der Waals surface area contributed by atoms with Gasteiger partial charge in [-0.15, -0.1) is 0 Å². The number of carbonyl (C=O) groups excluding carboxylic acids is 1. The maximum absolute atomic E-state index is 11.9. The number of rotatable bonds is 3. The van der Waals surface area contributed by atoms with Gasteiger partial charge < -0.3 is 5.11 Å². The molecule has 0 spiro atoms. The van der Waals surface area contributed by atoms with Gasteiger partial charge in [-0.05, 0) is 12.8 Å². The van der Waals surface area contributed by atoms with Crippen LogP contribution in [0, 0.1) is 5.92 Å². The van der Waals surface area contributed by atoms with E-state index in [1.807, 2.05) is 5.43 Å². The zero-order valence-electron chi connectivity index (χ0n) is 6.83. The first kappa shape index (κ1) is 10.0. The average Bonchev–Trinajstić information content (AvgIpc) is 2.00. The van der Waals surface area contributed by atoms with E-state index in [4.69, 9.17) is 5.11 Å². The quantitative estimate of drug-likeness (QED) is 0.624. The third-order valence-corrected chi connectivity index (χ3v) is 1.83. The Hall–Kier alpha value is -1.04. The standard InChI is InChI=1S/C7H10F2N2O2/c8-7(9)4-1-5(2-4)10-11-6(13)3-12/h4,7,12H,1-3H2,(H,11,13). The zero-order valence-corrected chi connectivity index (χ0v) is 6.83. The lowest BCUT2D eigenvalue weighted by Crippen LogP contribution is -2.32. The van der Waals surface area contributed by atoms with Crippen molar-refractivity contribution >= 4 is 11.6 Å². The summed E-state index contributed by atoms with van der Waals surface area (Å²) >= 11 is 0. The molecule has 1 amide bonds. The number of halogens is 2. The molecule has 74 valence electrons. The molecule has 0 bridgehead atoms. The van der Waals surface area contributed by atoms with Crippen molar-refractivity contribution in [2.75, 3.05) is 6.61 Å². The minimum atomic E-state index is -2.31. The Morgan fingerprint density at radius 2 is 2.31 bits per heavy atom. The number of aliphatic hydroxyl groups excluding tert-OH is 1. The summed E-state index contributed by atoms with van der Waals surface area (Å²) in [5.41, 5.74) is 2.60. The molecule has 0 heterocycles. The lowest BCUT2D eigenvalue weighted by Gasteiger charge is -2.26. The normalized spacial score (nSPS) is 21.2. The van der Waals surface area contributed by atoms with E-state index in [0.29, 0.717) is 5.71 Å². The van der Waals surface area contributed by atoms with Gasteiger partial charge >= 0.3 is 0 Å². The molecule has 0 saturated heterocycles. The van der Waals surface area contributed by atoms with E-state index in [9.17, 15) is 13.6 Å². The van der Waals surface area contributed by atoms with Crippen molar-refractivity contribution < 1.29 is 18.7 Å². The number of hydrogen-bond acceptors (Lipinski definition) is 3. The van der Waals surface area contributed by atoms with Crippen molar-refractivity contribution in [2.45, 2.75) is 19.3 Å². The van der Waals surface area contributed by atoms with E-state index >= 15 is 0 Å². The maximum atomic E-state index is 11.9. The second-order valence-corrected chi connectivity index (χ2v) is 2.87. The summed E-state index contributed by atoms with van der Waals surface area (Å²) in [6.07, 6.45) is -1.86. The summed E-state index contributed by atoms with van der Waals surface area (Å²) in [4.78, 5) is 10.5. The Morgan fingerprint density at radius 1 is 1.69 bits per heavy atom. The first-order valence-electron chi connectivity index (χ1n) is 3.86. The number of alkyl halides is 2. The molecule has 1 aliphatic rings. The lowest BCUT2D eigenvalue weighted by molar-refractivity contribution is -0.123. The van der Waals surface area contributed by atoms with Crippen LogP contribution in [0.4, 0.5) is 8.78 Å². The number of nitrogens with one attached hydrogen (secondary N) is 1. The molecule has 6 heteroatoms. The predicted molar refractivity (Wildman–Crippen MR) is 41.4 cm³/mol. The van der Waals surface area contributed by atoms with Crippen LogP contribution in [0.2, 0.25) is 0 Å². The Morgan fingerprint density at radius 3 is 2.77 bits per heavy atom. The van der Waals surface area contributed by atoms with Gasteiger partial charge in [-0.25, -0.2) is 14.2 Å². The Balaban J connectivity index is 2.23. The first-order valence-corrected chi connectivity index (χ1v) is 3.86. The number of hydrazone groups is 1. The molecule has 0 unspecified atom stereocenters. The van der Waals surface area contributed by atoms with Crippen molar-refractivity contribution in [1.82, 2.24) is 5.43 Å². The lowest BCUT2D eigenvalue weighted by atomic mass is 9.84. The summed E-state index contributed by atoms with van der Waals surface area (Å²) in [7, 11) is 0. The van der Waals surface area contributed by atoms with Crippen LogP contribution in [0.5, 0.6) is 0 Å². The van der Waals surface area contributed by atoms with Crippen molar-refractivity contribution in [3.05, 3.63) is 0 Å². The third kappa shape index (κ3) is 2.73. The Kier molecular flexibility index (Phi) is 3.30. The zero-order chi connectivity index (χ0) is 9.84. The van der Waals surface area contributed by atoms with Gasteiger partial charge in [0.1, 0.15) is 6.61 Å². The van der Waals surface area contributed by atoms with Gasteiger partial charge in [0.15, 0.2) is 0 Å². The van der Waals surface area contributed by atoms with Gasteiger partial charge in [0.05, 0.1) is 0 Å². The highest BCUT2D eigenvalue weighted by molar-refractivity contribution is 5.91. The van der Waals surface area contributed by atoms with Gasteiger partial charge in [0, 0.05) is 11.6 Å². The first-order chi connectivity index (χ1) is 6.13. The maximum Gasteiger partial charge on any atom is 0.265 e. The molecular formula is C7H10F2N2O2. The predicted octanol–water partition coefficient (Wildman–Crippen LogP) is 0.126. The molecule has 0 radical (unpaired) electrons. The van der Waals surface area contributed by atoms with Gasteiger partial charge in [-0.2, -0.15) is 5.10 Å². The number of nitrogens with zero attached hydrogens (tertiary/aromatic N) is 1. The molecule has 0 aromatic carbocycles. The second kappa shape index (κ2) is 4.27. The topological polar surface area (TPSA) is 61.7 Å². The monoisotopic (exact) mass is 192 g/mol. The summed E-state index contributed by atoms with van der Waals surface area (Å²) < 4.78 is 23.9. The molecule has 1 aliphatic carbocycles. The van der Waals surface area contributed by atoms with Crippen LogP contribution >= 0.6 is 0 Å². The molecule has 2 N–H and O–H groups in total. The third-order valence-electron chi connectivity index (χ3n) is 1.83.